The lowest BCUT2D eigenvalue weighted by Gasteiger charge is -2.27. The Morgan fingerprint density at radius 2 is 2.00 bits per heavy atom. The first kappa shape index (κ1) is 13.4. The number of carboxylic acids is 1. The molecule has 3 unspecified atom stereocenters. The van der Waals surface area contributed by atoms with E-state index in [2.05, 4.69) is 20.8 Å². The van der Waals surface area contributed by atoms with Crippen LogP contribution in [-0.2, 0) is 4.79 Å². The summed E-state index contributed by atoms with van der Waals surface area (Å²) in [6.07, 6.45) is 3.32. The lowest BCUT2D eigenvalue weighted by atomic mass is 9.82. The summed E-state index contributed by atoms with van der Waals surface area (Å²) in [5.74, 6) is 0.0741. The van der Waals surface area contributed by atoms with Crippen molar-refractivity contribution < 1.29 is 9.90 Å². The van der Waals surface area contributed by atoms with Crippen LogP contribution in [0, 0.1) is 11.8 Å². The van der Waals surface area contributed by atoms with Gasteiger partial charge in [0.25, 0.3) is 0 Å². The Morgan fingerprint density at radius 1 is 1.43 bits per heavy atom. The molecule has 0 heterocycles. The van der Waals surface area contributed by atoms with Crippen LogP contribution in [0.4, 0.5) is 0 Å². The summed E-state index contributed by atoms with van der Waals surface area (Å²) >= 11 is 0. The average Bonchev–Trinajstić information content (AvgIpc) is 2.04. The third-order valence-corrected chi connectivity index (χ3v) is 2.91. The molecule has 0 rings (SSSR count). The zero-order valence-corrected chi connectivity index (χ0v) is 9.49. The molecule has 0 radical (unpaired) electrons. The Labute approximate surface area is 86.7 Å². The van der Waals surface area contributed by atoms with Crippen molar-refractivity contribution in [2.24, 2.45) is 17.6 Å². The van der Waals surface area contributed by atoms with E-state index in [1.807, 2.05) is 0 Å². The normalized spacial score (nSPS) is 17.4. The van der Waals surface area contributed by atoms with Gasteiger partial charge in [-0.05, 0) is 11.8 Å². The van der Waals surface area contributed by atoms with Crippen LogP contribution in [0.3, 0.4) is 0 Å². The highest BCUT2D eigenvalue weighted by Gasteiger charge is 2.23. The molecule has 3 atom stereocenters. The Kier molecular flexibility index (Phi) is 6.54. The highest BCUT2D eigenvalue weighted by Crippen LogP contribution is 2.24. The largest absolute Gasteiger partial charge is 0.481 e. The van der Waals surface area contributed by atoms with E-state index < -0.39 is 5.97 Å². The SMILES string of the molecule is CCCC(C)C(CC)C(N)CC(=O)O. The second kappa shape index (κ2) is 6.82. The summed E-state index contributed by atoms with van der Waals surface area (Å²) in [6, 6.07) is -0.195. The molecule has 0 aliphatic carbocycles. The van der Waals surface area contributed by atoms with Gasteiger partial charge in [0.1, 0.15) is 0 Å². The zero-order chi connectivity index (χ0) is 11.1. The van der Waals surface area contributed by atoms with Crippen LogP contribution >= 0.6 is 0 Å². The highest BCUT2D eigenvalue weighted by molar-refractivity contribution is 5.67. The molecule has 14 heavy (non-hydrogen) atoms. The number of rotatable bonds is 7. The molecule has 0 aliphatic rings. The molecular formula is C11H23NO2. The van der Waals surface area contributed by atoms with E-state index in [0.29, 0.717) is 11.8 Å². The van der Waals surface area contributed by atoms with E-state index in [4.69, 9.17) is 10.8 Å². The molecule has 0 spiro atoms. The summed E-state index contributed by atoms with van der Waals surface area (Å²) in [4.78, 5) is 10.5. The fourth-order valence-electron chi connectivity index (χ4n) is 2.15. The first-order chi connectivity index (χ1) is 6.52. The van der Waals surface area contributed by atoms with Crippen molar-refractivity contribution >= 4 is 5.97 Å². The standard InChI is InChI=1S/C11H23NO2/c1-4-6-8(3)9(5-2)10(12)7-11(13)14/h8-10H,4-7,12H2,1-3H3,(H,13,14). The quantitative estimate of drug-likeness (QED) is 0.664. The summed E-state index contributed by atoms with van der Waals surface area (Å²) in [7, 11) is 0. The van der Waals surface area contributed by atoms with E-state index in [9.17, 15) is 4.79 Å². The minimum absolute atomic E-state index is 0.0898. The molecule has 0 aliphatic heterocycles. The van der Waals surface area contributed by atoms with Gasteiger partial charge < -0.3 is 10.8 Å². The van der Waals surface area contributed by atoms with Gasteiger partial charge >= 0.3 is 5.97 Å². The van der Waals surface area contributed by atoms with Crippen molar-refractivity contribution in [3.05, 3.63) is 0 Å². The maximum Gasteiger partial charge on any atom is 0.304 e. The number of aliphatic carboxylic acids is 1. The molecule has 0 saturated carbocycles. The van der Waals surface area contributed by atoms with E-state index in [-0.39, 0.29) is 12.5 Å². The third kappa shape index (κ3) is 4.61. The lowest BCUT2D eigenvalue weighted by molar-refractivity contribution is -0.137. The van der Waals surface area contributed by atoms with E-state index in [0.717, 1.165) is 19.3 Å². The average molecular weight is 201 g/mol. The second-order valence-electron chi connectivity index (χ2n) is 4.10. The molecule has 84 valence electrons. The molecule has 3 nitrogen and oxygen atoms in total. The monoisotopic (exact) mass is 201 g/mol. The van der Waals surface area contributed by atoms with Crippen LogP contribution in [0.15, 0.2) is 0 Å². The Morgan fingerprint density at radius 3 is 2.36 bits per heavy atom. The summed E-state index contributed by atoms with van der Waals surface area (Å²) in [6.45, 7) is 6.39. The Bertz CT molecular complexity index is 171. The molecule has 0 aromatic rings. The van der Waals surface area contributed by atoms with Gasteiger partial charge in [-0.3, -0.25) is 4.79 Å². The molecule has 0 saturated heterocycles. The van der Waals surface area contributed by atoms with Crippen LogP contribution in [-0.4, -0.2) is 17.1 Å². The van der Waals surface area contributed by atoms with Gasteiger partial charge in [-0.25, -0.2) is 0 Å². The predicted octanol–water partition coefficient (Wildman–Crippen LogP) is 2.25. The lowest BCUT2D eigenvalue weighted by Crippen LogP contribution is -2.35. The van der Waals surface area contributed by atoms with Gasteiger partial charge in [0.05, 0.1) is 6.42 Å². The van der Waals surface area contributed by atoms with Crippen LogP contribution in [0.1, 0.15) is 46.5 Å². The van der Waals surface area contributed by atoms with Crippen LogP contribution in [0.2, 0.25) is 0 Å². The minimum atomic E-state index is -0.792. The maximum atomic E-state index is 10.5. The highest BCUT2D eigenvalue weighted by atomic mass is 16.4. The minimum Gasteiger partial charge on any atom is -0.481 e. The van der Waals surface area contributed by atoms with Crippen LogP contribution in [0.5, 0.6) is 0 Å². The van der Waals surface area contributed by atoms with Crippen molar-refractivity contribution in [3.8, 4) is 0 Å². The number of carboxylic acid groups (broad SMARTS) is 1. The van der Waals surface area contributed by atoms with Crippen molar-refractivity contribution in [2.45, 2.75) is 52.5 Å². The fourth-order valence-corrected chi connectivity index (χ4v) is 2.15. The molecule has 0 amide bonds. The molecule has 0 bridgehead atoms. The van der Waals surface area contributed by atoms with Crippen molar-refractivity contribution in [1.82, 2.24) is 0 Å². The first-order valence-electron chi connectivity index (χ1n) is 5.50. The number of nitrogens with two attached hydrogens (primary N) is 1. The van der Waals surface area contributed by atoms with E-state index >= 15 is 0 Å². The molecule has 3 N–H and O–H groups in total. The summed E-state index contributed by atoms with van der Waals surface area (Å²) in [5, 5.41) is 8.66. The van der Waals surface area contributed by atoms with Gasteiger partial charge in [0, 0.05) is 6.04 Å². The van der Waals surface area contributed by atoms with Crippen molar-refractivity contribution in [1.29, 1.82) is 0 Å². The molecular weight excluding hydrogens is 178 g/mol. The van der Waals surface area contributed by atoms with Crippen molar-refractivity contribution in [3.63, 3.8) is 0 Å². The predicted molar refractivity (Wildman–Crippen MR) is 58.1 cm³/mol. The molecule has 0 fully saturated rings. The van der Waals surface area contributed by atoms with Gasteiger partial charge in [-0.2, -0.15) is 0 Å². The topological polar surface area (TPSA) is 63.3 Å². The summed E-state index contributed by atoms with van der Waals surface area (Å²) < 4.78 is 0. The fraction of sp³-hybridized carbons (Fsp3) is 0.909. The van der Waals surface area contributed by atoms with Crippen molar-refractivity contribution in [2.75, 3.05) is 0 Å². The second-order valence-corrected chi connectivity index (χ2v) is 4.10. The van der Waals surface area contributed by atoms with E-state index in [1.54, 1.807) is 0 Å². The molecule has 3 heteroatoms. The molecule has 0 aromatic carbocycles. The van der Waals surface area contributed by atoms with Crippen LogP contribution in [0.25, 0.3) is 0 Å². The van der Waals surface area contributed by atoms with Gasteiger partial charge in [-0.15, -0.1) is 0 Å². The van der Waals surface area contributed by atoms with E-state index in [1.165, 1.54) is 0 Å². The molecule has 0 aromatic heterocycles. The Hall–Kier alpha value is -0.570. The van der Waals surface area contributed by atoms with Gasteiger partial charge in [-0.1, -0.05) is 40.0 Å². The van der Waals surface area contributed by atoms with Gasteiger partial charge in [0.2, 0.25) is 0 Å². The van der Waals surface area contributed by atoms with Gasteiger partial charge in [0.15, 0.2) is 0 Å². The number of carbonyl (C=O) groups is 1. The summed E-state index contributed by atoms with van der Waals surface area (Å²) in [5.41, 5.74) is 5.88. The number of hydrogen-bond acceptors (Lipinski definition) is 2. The van der Waals surface area contributed by atoms with Crippen LogP contribution < -0.4 is 5.73 Å². The zero-order valence-electron chi connectivity index (χ0n) is 9.49. The Balaban J connectivity index is 4.16. The smallest absolute Gasteiger partial charge is 0.304 e. The first-order valence-corrected chi connectivity index (χ1v) is 5.50. The third-order valence-electron chi connectivity index (χ3n) is 2.91. The maximum absolute atomic E-state index is 10.5. The number of hydrogen-bond donors (Lipinski definition) is 2.